The fraction of sp³-hybridized carbons (Fsp3) is 0.400. The van der Waals surface area contributed by atoms with E-state index in [4.69, 9.17) is 16.3 Å². The van der Waals surface area contributed by atoms with Crippen LogP contribution in [0, 0.1) is 5.41 Å². The number of carbonyl (C=O) groups excluding carboxylic acids is 1. The molecular formula is C15H18ClN3O3. The van der Waals surface area contributed by atoms with E-state index in [0.717, 1.165) is 0 Å². The number of hydrogen-bond donors (Lipinski definition) is 1. The van der Waals surface area contributed by atoms with E-state index in [1.165, 1.54) is 17.1 Å². The number of imidazole rings is 1. The average Bonchev–Trinajstić information content (AvgIpc) is 2.91. The molecule has 2 aromatic heterocycles. The van der Waals surface area contributed by atoms with Crippen LogP contribution >= 0.6 is 11.6 Å². The lowest BCUT2D eigenvalue weighted by molar-refractivity contribution is -0.158. The monoisotopic (exact) mass is 323 g/mol. The highest BCUT2D eigenvalue weighted by Crippen LogP contribution is 2.32. The highest BCUT2D eigenvalue weighted by atomic mass is 35.5. The summed E-state index contributed by atoms with van der Waals surface area (Å²) in [6.07, 6.45) is 5.89. The summed E-state index contributed by atoms with van der Waals surface area (Å²) < 4.78 is 7.26. The van der Waals surface area contributed by atoms with Gasteiger partial charge in [-0.05, 0) is 12.1 Å². The third-order valence-electron chi connectivity index (χ3n) is 3.15. The standard InChI is InChI=1S/C15H18ClN3O3/c1-14(2,3)13(21)15(9-20,19-8-12(16)18-10-19)22-11-4-6-17-7-5-11/h4-8,10,20H,9H2,1-3H3. The smallest absolute Gasteiger partial charge is 0.270 e. The van der Waals surface area contributed by atoms with Crippen molar-refractivity contribution in [3.05, 3.63) is 42.2 Å². The van der Waals surface area contributed by atoms with Gasteiger partial charge < -0.3 is 9.84 Å². The first-order valence-electron chi connectivity index (χ1n) is 6.74. The van der Waals surface area contributed by atoms with Crippen molar-refractivity contribution >= 4 is 17.4 Å². The molecule has 2 rings (SSSR count). The van der Waals surface area contributed by atoms with Gasteiger partial charge in [-0.25, -0.2) is 4.98 Å². The number of pyridine rings is 1. The van der Waals surface area contributed by atoms with E-state index >= 15 is 0 Å². The third-order valence-corrected chi connectivity index (χ3v) is 3.35. The molecule has 0 aromatic carbocycles. The molecule has 0 amide bonds. The molecule has 0 saturated heterocycles. The number of aliphatic hydroxyl groups excluding tert-OH is 1. The minimum atomic E-state index is -1.64. The molecule has 6 nitrogen and oxygen atoms in total. The third kappa shape index (κ3) is 3.13. The minimum absolute atomic E-state index is 0.206. The maximum atomic E-state index is 12.9. The van der Waals surface area contributed by atoms with Crippen LogP contribution < -0.4 is 4.74 Å². The highest BCUT2D eigenvalue weighted by molar-refractivity contribution is 6.29. The lowest BCUT2D eigenvalue weighted by atomic mass is 9.84. The molecule has 1 atom stereocenters. The molecule has 0 aliphatic heterocycles. The Kier molecular flexibility index (Phi) is 4.53. The van der Waals surface area contributed by atoms with Crippen LogP contribution in [0.25, 0.3) is 0 Å². The molecule has 0 radical (unpaired) electrons. The normalized spacial score (nSPS) is 14.4. The molecule has 0 aliphatic carbocycles. The van der Waals surface area contributed by atoms with Gasteiger partial charge in [0.25, 0.3) is 5.72 Å². The molecule has 1 N–H and O–H groups in total. The van der Waals surface area contributed by atoms with Crippen LogP contribution in [0.1, 0.15) is 20.8 Å². The molecule has 22 heavy (non-hydrogen) atoms. The van der Waals surface area contributed by atoms with Gasteiger partial charge in [0.1, 0.15) is 23.8 Å². The summed E-state index contributed by atoms with van der Waals surface area (Å²) >= 11 is 5.85. The van der Waals surface area contributed by atoms with Crippen molar-refractivity contribution in [1.82, 2.24) is 14.5 Å². The Labute approximate surface area is 133 Å². The van der Waals surface area contributed by atoms with Gasteiger partial charge in [0.2, 0.25) is 5.78 Å². The van der Waals surface area contributed by atoms with E-state index in [0.29, 0.717) is 5.75 Å². The van der Waals surface area contributed by atoms with Crippen LogP contribution in [-0.4, -0.2) is 32.0 Å². The summed E-state index contributed by atoms with van der Waals surface area (Å²) in [4.78, 5) is 20.8. The molecule has 2 heterocycles. The Morgan fingerprint density at radius 1 is 1.36 bits per heavy atom. The van der Waals surface area contributed by atoms with Gasteiger partial charge in [-0.2, -0.15) is 0 Å². The molecule has 0 saturated carbocycles. The Morgan fingerprint density at radius 3 is 2.45 bits per heavy atom. The van der Waals surface area contributed by atoms with Gasteiger partial charge in [0.15, 0.2) is 0 Å². The number of nitrogens with zero attached hydrogens (tertiary/aromatic N) is 3. The minimum Gasteiger partial charge on any atom is -0.457 e. The first kappa shape index (κ1) is 16.5. The van der Waals surface area contributed by atoms with Gasteiger partial charge in [-0.1, -0.05) is 32.4 Å². The number of aliphatic hydroxyl groups is 1. The molecular weight excluding hydrogens is 306 g/mol. The Morgan fingerprint density at radius 2 is 2.00 bits per heavy atom. The molecule has 0 fully saturated rings. The summed E-state index contributed by atoms with van der Waals surface area (Å²) in [7, 11) is 0. The van der Waals surface area contributed by atoms with E-state index in [-0.39, 0.29) is 10.9 Å². The van der Waals surface area contributed by atoms with Crippen LogP contribution in [0.3, 0.4) is 0 Å². The lowest BCUT2D eigenvalue weighted by Crippen LogP contribution is -2.54. The van der Waals surface area contributed by atoms with Crippen molar-refractivity contribution in [3.8, 4) is 5.75 Å². The fourth-order valence-corrected chi connectivity index (χ4v) is 2.23. The summed E-state index contributed by atoms with van der Waals surface area (Å²) in [5, 5.41) is 10.2. The molecule has 7 heteroatoms. The van der Waals surface area contributed by atoms with Crippen LogP contribution in [0.15, 0.2) is 37.1 Å². The maximum absolute atomic E-state index is 12.9. The first-order valence-corrected chi connectivity index (χ1v) is 7.12. The highest BCUT2D eigenvalue weighted by Gasteiger charge is 2.47. The zero-order chi connectivity index (χ0) is 16.4. The quantitative estimate of drug-likeness (QED) is 0.913. The second kappa shape index (κ2) is 6.06. The predicted octanol–water partition coefficient (Wildman–Crippen LogP) is 2.27. The number of Topliss-reactive ketones (excluding diaryl/α,β-unsaturated/α-hetero) is 1. The molecule has 0 spiro atoms. The largest absolute Gasteiger partial charge is 0.457 e. The number of halogens is 1. The Bertz CT molecular complexity index is 652. The predicted molar refractivity (Wildman–Crippen MR) is 81.6 cm³/mol. The summed E-state index contributed by atoms with van der Waals surface area (Å²) in [6, 6.07) is 3.22. The van der Waals surface area contributed by atoms with Crippen molar-refractivity contribution in [2.45, 2.75) is 26.5 Å². The van der Waals surface area contributed by atoms with E-state index < -0.39 is 17.7 Å². The lowest BCUT2D eigenvalue weighted by Gasteiger charge is -2.36. The second-order valence-corrected chi connectivity index (χ2v) is 6.30. The average molecular weight is 324 g/mol. The van der Waals surface area contributed by atoms with Crippen molar-refractivity contribution in [3.63, 3.8) is 0 Å². The summed E-state index contributed by atoms with van der Waals surface area (Å²) in [6.45, 7) is 4.72. The molecule has 0 bridgehead atoms. The zero-order valence-corrected chi connectivity index (χ0v) is 13.4. The van der Waals surface area contributed by atoms with E-state index in [2.05, 4.69) is 9.97 Å². The van der Waals surface area contributed by atoms with Gasteiger partial charge in [0, 0.05) is 24.0 Å². The number of carbonyl (C=O) groups is 1. The van der Waals surface area contributed by atoms with Gasteiger partial charge in [0.05, 0.1) is 0 Å². The van der Waals surface area contributed by atoms with Crippen molar-refractivity contribution < 1.29 is 14.6 Å². The van der Waals surface area contributed by atoms with Crippen LogP contribution in [0.4, 0.5) is 0 Å². The Hall–Kier alpha value is -1.92. The molecule has 2 aromatic rings. The van der Waals surface area contributed by atoms with Gasteiger partial charge in [-0.15, -0.1) is 0 Å². The topological polar surface area (TPSA) is 77.2 Å². The number of aromatic nitrogens is 3. The zero-order valence-electron chi connectivity index (χ0n) is 12.7. The van der Waals surface area contributed by atoms with Crippen molar-refractivity contribution in [2.24, 2.45) is 5.41 Å². The second-order valence-electron chi connectivity index (χ2n) is 5.91. The van der Waals surface area contributed by atoms with E-state index in [9.17, 15) is 9.90 Å². The number of ketones is 1. The van der Waals surface area contributed by atoms with Crippen molar-refractivity contribution in [2.75, 3.05) is 6.61 Å². The number of rotatable bonds is 5. The van der Waals surface area contributed by atoms with Crippen molar-refractivity contribution in [1.29, 1.82) is 0 Å². The van der Waals surface area contributed by atoms with E-state index in [1.54, 1.807) is 45.3 Å². The summed E-state index contributed by atoms with van der Waals surface area (Å²) in [5.41, 5.74) is -2.38. The number of hydrogen-bond acceptors (Lipinski definition) is 5. The van der Waals surface area contributed by atoms with Gasteiger partial charge >= 0.3 is 0 Å². The van der Waals surface area contributed by atoms with Crippen LogP contribution in [0.5, 0.6) is 5.75 Å². The molecule has 118 valence electrons. The van der Waals surface area contributed by atoms with Gasteiger partial charge in [-0.3, -0.25) is 14.3 Å². The van der Waals surface area contributed by atoms with Crippen LogP contribution in [0.2, 0.25) is 5.15 Å². The fourth-order valence-electron chi connectivity index (χ4n) is 2.09. The SMILES string of the molecule is CC(C)(C)C(=O)C(CO)(Oc1ccncc1)n1cnc(Cl)c1. The Balaban J connectivity index is 2.54. The maximum Gasteiger partial charge on any atom is 0.270 e. The molecule has 0 aliphatic rings. The van der Waals surface area contributed by atoms with Crippen LogP contribution in [-0.2, 0) is 10.5 Å². The summed E-state index contributed by atoms with van der Waals surface area (Å²) in [5.74, 6) is 0.111. The number of ether oxygens (including phenoxy) is 1. The van der Waals surface area contributed by atoms with E-state index in [1.807, 2.05) is 0 Å². The molecule has 1 unspecified atom stereocenters. The first-order chi connectivity index (χ1) is 10.3.